The quantitative estimate of drug-likeness (QED) is 0.449. The van der Waals surface area contributed by atoms with Crippen molar-refractivity contribution in [3.8, 4) is 0 Å². The number of aromatic nitrogens is 1. The third-order valence-electron chi connectivity index (χ3n) is 6.13. The number of imide groups is 1. The number of urea groups is 1. The highest BCUT2D eigenvalue weighted by Crippen LogP contribution is 2.33. The monoisotopic (exact) mass is 437 g/mol. The van der Waals surface area contributed by atoms with Gasteiger partial charge in [0.25, 0.3) is 5.91 Å². The van der Waals surface area contributed by atoms with Gasteiger partial charge >= 0.3 is 6.03 Å². The lowest BCUT2D eigenvalue weighted by Gasteiger charge is -2.19. The maximum atomic E-state index is 13.2. The van der Waals surface area contributed by atoms with Gasteiger partial charge in [0, 0.05) is 29.4 Å². The minimum Gasteiger partial charge on any atom is -0.458 e. The summed E-state index contributed by atoms with van der Waals surface area (Å²) in [6.07, 6.45) is 0. The molecule has 3 aromatic rings. The van der Waals surface area contributed by atoms with Crippen molar-refractivity contribution in [2.45, 2.75) is 39.3 Å². The van der Waals surface area contributed by atoms with Crippen LogP contribution in [0.5, 0.6) is 0 Å². The zero-order valence-electron chi connectivity index (χ0n) is 18.9. The molecule has 3 amide bonds. The van der Waals surface area contributed by atoms with Gasteiger partial charge in [0.1, 0.15) is 11.3 Å². The molecule has 32 heavy (non-hydrogen) atoms. The fourth-order valence-electron chi connectivity index (χ4n) is 4.52. The summed E-state index contributed by atoms with van der Waals surface area (Å²) in [6.45, 7) is 7.54. The van der Waals surface area contributed by atoms with Crippen molar-refractivity contribution in [3.63, 3.8) is 0 Å². The molecule has 3 heterocycles. The molecule has 1 saturated heterocycles. The molecule has 8 heteroatoms. The van der Waals surface area contributed by atoms with E-state index in [0.717, 1.165) is 21.7 Å². The summed E-state index contributed by atoms with van der Waals surface area (Å²) in [5.41, 5.74) is 1.44. The molecular weight excluding hydrogens is 410 g/mol. The summed E-state index contributed by atoms with van der Waals surface area (Å²) in [5, 5.41) is 3.53. The Morgan fingerprint density at radius 1 is 1.22 bits per heavy atom. The van der Waals surface area contributed by atoms with Crippen molar-refractivity contribution in [1.29, 1.82) is 0 Å². The van der Waals surface area contributed by atoms with Crippen LogP contribution in [0.4, 0.5) is 4.79 Å². The minimum atomic E-state index is -1.37. The van der Waals surface area contributed by atoms with Gasteiger partial charge in [-0.3, -0.25) is 14.5 Å². The predicted octanol–water partition coefficient (Wildman–Crippen LogP) is 3.71. The molecule has 2 aromatic heterocycles. The van der Waals surface area contributed by atoms with Crippen molar-refractivity contribution in [1.82, 2.24) is 14.8 Å². The van der Waals surface area contributed by atoms with Gasteiger partial charge < -0.3 is 19.0 Å². The molecular formula is C24H27N3O5. The largest absolute Gasteiger partial charge is 0.458 e. The number of hydrogen-bond donors (Lipinski definition) is 1. The molecule has 0 unspecified atom stereocenters. The number of furan rings is 1. The van der Waals surface area contributed by atoms with Crippen LogP contribution in [0.25, 0.3) is 11.0 Å². The Kier molecular flexibility index (Phi) is 5.42. The molecule has 2 atom stereocenters. The number of nitrogens with zero attached hydrogens (tertiary/aromatic N) is 2. The molecule has 1 N–H and O–H groups in total. The highest BCUT2D eigenvalue weighted by atomic mass is 16.5. The number of nitrogens with one attached hydrogen (secondary N) is 1. The van der Waals surface area contributed by atoms with Gasteiger partial charge in [0.05, 0.1) is 19.2 Å². The summed E-state index contributed by atoms with van der Waals surface area (Å²) < 4.78 is 13.1. The van der Waals surface area contributed by atoms with Crippen LogP contribution in [0.15, 0.2) is 40.8 Å². The van der Waals surface area contributed by atoms with Crippen LogP contribution < -0.4 is 5.32 Å². The topological polar surface area (TPSA) is 93.8 Å². The second kappa shape index (κ2) is 7.94. The van der Waals surface area contributed by atoms with E-state index in [1.165, 1.54) is 0 Å². The molecule has 1 aliphatic rings. The van der Waals surface area contributed by atoms with Crippen LogP contribution in [0.2, 0.25) is 0 Å². The fraction of sp³-hybridized carbons (Fsp3) is 0.375. The van der Waals surface area contributed by atoms with Crippen LogP contribution >= 0.6 is 0 Å². The molecule has 0 radical (unpaired) electrons. The average molecular weight is 437 g/mol. The SMILES string of the molecule is COC[C@H](C)n1c(C)cc(C(=O)CN2C(=O)N[C@@](C)(c3cc4ccccc4o3)C2=O)c1C. The number of methoxy groups -OCH3 is 1. The maximum absolute atomic E-state index is 13.2. The Morgan fingerprint density at radius 2 is 1.94 bits per heavy atom. The van der Waals surface area contributed by atoms with Gasteiger partial charge in [0.15, 0.2) is 11.3 Å². The second-order valence-corrected chi connectivity index (χ2v) is 8.48. The van der Waals surface area contributed by atoms with E-state index in [-0.39, 0.29) is 18.4 Å². The molecule has 4 rings (SSSR count). The summed E-state index contributed by atoms with van der Waals surface area (Å²) in [7, 11) is 1.63. The molecule has 168 valence electrons. The Bertz CT molecular complexity index is 1190. The van der Waals surface area contributed by atoms with Gasteiger partial charge in [-0.15, -0.1) is 0 Å². The molecule has 1 fully saturated rings. The van der Waals surface area contributed by atoms with Crippen molar-refractivity contribution < 1.29 is 23.5 Å². The predicted molar refractivity (Wildman–Crippen MR) is 119 cm³/mol. The summed E-state index contributed by atoms with van der Waals surface area (Å²) in [4.78, 5) is 40.0. The summed E-state index contributed by atoms with van der Waals surface area (Å²) in [6, 6.07) is 10.3. The van der Waals surface area contributed by atoms with E-state index in [0.29, 0.717) is 23.5 Å². The third-order valence-corrected chi connectivity index (χ3v) is 6.13. The van der Waals surface area contributed by atoms with E-state index in [1.807, 2.05) is 43.5 Å². The number of ketones is 1. The summed E-state index contributed by atoms with van der Waals surface area (Å²) >= 11 is 0. The average Bonchev–Trinajstić information content (AvgIpc) is 3.37. The first-order chi connectivity index (χ1) is 15.2. The van der Waals surface area contributed by atoms with E-state index in [1.54, 1.807) is 32.2 Å². The standard InChI is InChI=1S/C24H27N3O5/c1-14-10-18(16(3)27(14)15(2)13-31-5)19(28)12-26-22(29)24(4,25-23(26)30)21-11-17-8-6-7-9-20(17)32-21/h6-11,15H,12-13H2,1-5H3,(H,25,30)/t15-,24-/m0/s1. The number of Topliss-reactive ketones (excluding diaryl/α,β-unsaturated/α-hetero) is 1. The minimum absolute atomic E-state index is 0.0506. The van der Waals surface area contributed by atoms with Crippen LogP contribution in [0.1, 0.15) is 47.4 Å². The molecule has 8 nitrogen and oxygen atoms in total. The van der Waals surface area contributed by atoms with Crippen LogP contribution in [-0.2, 0) is 15.1 Å². The first-order valence-corrected chi connectivity index (χ1v) is 10.5. The lowest BCUT2D eigenvalue weighted by atomic mass is 9.98. The maximum Gasteiger partial charge on any atom is 0.325 e. The Balaban J connectivity index is 1.59. The van der Waals surface area contributed by atoms with E-state index < -0.39 is 17.5 Å². The van der Waals surface area contributed by atoms with E-state index in [9.17, 15) is 14.4 Å². The van der Waals surface area contributed by atoms with E-state index >= 15 is 0 Å². The van der Waals surface area contributed by atoms with Gasteiger partial charge in [-0.1, -0.05) is 18.2 Å². The molecule has 1 aliphatic heterocycles. The molecule has 1 aromatic carbocycles. The Hall–Kier alpha value is -3.39. The van der Waals surface area contributed by atoms with E-state index in [2.05, 4.69) is 5.32 Å². The van der Waals surface area contributed by atoms with Crippen molar-refractivity contribution in [3.05, 3.63) is 59.1 Å². The van der Waals surface area contributed by atoms with E-state index in [4.69, 9.17) is 9.15 Å². The smallest absolute Gasteiger partial charge is 0.325 e. The number of carbonyl (C=O) groups excluding carboxylic acids is 3. The van der Waals surface area contributed by atoms with Gasteiger partial charge in [0.2, 0.25) is 0 Å². The highest BCUT2D eigenvalue weighted by molar-refractivity contribution is 6.11. The number of rotatable bonds is 7. The lowest BCUT2D eigenvalue weighted by molar-refractivity contribution is -0.131. The number of ether oxygens (including phenoxy) is 1. The Morgan fingerprint density at radius 3 is 2.62 bits per heavy atom. The van der Waals surface area contributed by atoms with Crippen LogP contribution in [-0.4, -0.2) is 47.4 Å². The number of carbonyl (C=O) groups is 3. The lowest BCUT2D eigenvalue weighted by Crippen LogP contribution is -2.41. The number of aryl methyl sites for hydroxylation is 1. The first-order valence-electron chi connectivity index (χ1n) is 10.5. The highest BCUT2D eigenvalue weighted by Gasteiger charge is 2.51. The van der Waals surface area contributed by atoms with Crippen LogP contribution in [0.3, 0.4) is 0 Å². The molecule has 0 bridgehead atoms. The van der Waals surface area contributed by atoms with Gasteiger partial charge in [-0.05, 0) is 45.9 Å². The number of benzene rings is 1. The van der Waals surface area contributed by atoms with Crippen molar-refractivity contribution in [2.75, 3.05) is 20.3 Å². The number of para-hydroxylation sites is 1. The zero-order chi connectivity index (χ0) is 23.2. The molecule has 0 aliphatic carbocycles. The number of amides is 3. The summed E-state index contributed by atoms with van der Waals surface area (Å²) in [5.74, 6) is -0.485. The normalized spacial score (nSPS) is 19.6. The van der Waals surface area contributed by atoms with Gasteiger partial charge in [-0.25, -0.2) is 4.79 Å². The molecule has 0 spiro atoms. The molecule has 0 saturated carbocycles. The number of fused-ring (bicyclic) bond motifs is 1. The Labute approximate surface area is 186 Å². The third kappa shape index (κ3) is 3.40. The van der Waals surface area contributed by atoms with Crippen molar-refractivity contribution in [2.24, 2.45) is 0 Å². The van der Waals surface area contributed by atoms with Crippen LogP contribution in [0, 0.1) is 13.8 Å². The van der Waals surface area contributed by atoms with Crippen molar-refractivity contribution >= 4 is 28.7 Å². The fourth-order valence-corrected chi connectivity index (χ4v) is 4.52. The second-order valence-electron chi connectivity index (χ2n) is 8.48. The first kappa shape index (κ1) is 21.8. The number of hydrogen-bond acceptors (Lipinski definition) is 5. The van der Waals surface area contributed by atoms with Gasteiger partial charge in [-0.2, -0.15) is 0 Å². The zero-order valence-corrected chi connectivity index (χ0v) is 18.9.